The minimum Gasteiger partial charge on any atom is -0.314 e. The van der Waals surface area contributed by atoms with Gasteiger partial charge in [0.1, 0.15) is 0 Å². The number of guanidine groups is 3. The largest absolute Gasteiger partial charge is 0.314 e. The van der Waals surface area contributed by atoms with Crippen molar-refractivity contribution in [2.24, 2.45) is 32.7 Å². The van der Waals surface area contributed by atoms with Crippen LogP contribution >= 0.6 is 0 Å². The highest BCUT2D eigenvalue weighted by Gasteiger charge is 2.61. The van der Waals surface area contributed by atoms with E-state index in [1.165, 1.54) is 115 Å². The lowest BCUT2D eigenvalue weighted by molar-refractivity contribution is 0.127. The fraction of sp³-hybridized carbons (Fsp3) is 0.900. The molecule has 7 aliphatic heterocycles. The van der Waals surface area contributed by atoms with Gasteiger partial charge in [0.25, 0.3) is 0 Å². The van der Waals surface area contributed by atoms with E-state index in [9.17, 15) is 0 Å². The standard InChI is InChI=1S/C30H45N9/c1-4-16-10-22-25(13-19(16)31-7-1)37-28(34-22)38-26-14-20-17(5-2-8-32-20)11-23(26)36-30(38)39-27-15-21-18(6-3-9-33-21)12-24(27)35-29(37)39/h16-27,31-33H,1-15H2. The fourth-order valence-corrected chi connectivity index (χ4v) is 11.0. The van der Waals surface area contributed by atoms with E-state index in [2.05, 4.69) is 30.7 Å². The first-order valence-electron chi connectivity index (χ1n) is 16.6. The molecule has 0 aromatic rings. The Morgan fingerprint density at radius 2 is 0.795 bits per heavy atom. The van der Waals surface area contributed by atoms with Crippen molar-refractivity contribution in [2.75, 3.05) is 19.6 Å². The van der Waals surface area contributed by atoms with E-state index in [1.807, 2.05) is 0 Å². The summed E-state index contributed by atoms with van der Waals surface area (Å²) >= 11 is 0. The molecule has 0 aromatic carbocycles. The van der Waals surface area contributed by atoms with Crippen molar-refractivity contribution in [1.29, 1.82) is 0 Å². The first-order valence-corrected chi connectivity index (χ1v) is 16.6. The number of hydrogen-bond acceptors (Lipinski definition) is 9. The summed E-state index contributed by atoms with van der Waals surface area (Å²) in [5.74, 6) is 6.00. The molecule has 10 rings (SSSR count). The van der Waals surface area contributed by atoms with Gasteiger partial charge in [0.2, 0.25) is 17.9 Å². The molecule has 39 heavy (non-hydrogen) atoms. The lowest BCUT2D eigenvalue weighted by Gasteiger charge is -2.51. The van der Waals surface area contributed by atoms with Crippen molar-refractivity contribution in [1.82, 2.24) is 30.7 Å². The first kappa shape index (κ1) is 22.9. The van der Waals surface area contributed by atoms with Crippen LogP contribution in [0.5, 0.6) is 0 Å². The van der Waals surface area contributed by atoms with E-state index in [0.29, 0.717) is 54.4 Å². The summed E-state index contributed by atoms with van der Waals surface area (Å²) in [6, 6.07) is 4.46. The third-order valence-electron chi connectivity index (χ3n) is 12.8. The van der Waals surface area contributed by atoms with E-state index in [1.54, 1.807) is 0 Å². The predicted molar refractivity (Wildman–Crippen MR) is 152 cm³/mol. The molecule has 3 N–H and O–H groups in total. The summed E-state index contributed by atoms with van der Waals surface area (Å²) in [4.78, 5) is 24.9. The quantitative estimate of drug-likeness (QED) is 0.442. The summed E-state index contributed by atoms with van der Waals surface area (Å²) in [5, 5.41) is 11.7. The molecule has 0 amide bonds. The summed E-state index contributed by atoms with van der Waals surface area (Å²) in [6.45, 7) is 3.55. The molecule has 0 aromatic heterocycles. The Morgan fingerprint density at radius 1 is 0.462 bits per heavy atom. The van der Waals surface area contributed by atoms with E-state index in [-0.39, 0.29) is 0 Å². The van der Waals surface area contributed by atoms with Gasteiger partial charge in [-0.15, -0.1) is 0 Å². The molecule has 0 spiro atoms. The third kappa shape index (κ3) is 3.21. The molecule has 9 nitrogen and oxygen atoms in total. The average molecular weight is 532 g/mol. The summed E-state index contributed by atoms with van der Waals surface area (Å²) < 4.78 is 0. The second kappa shape index (κ2) is 8.41. The van der Waals surface area contributed by atoms with Gasteiger partial charge in [-0.05, 0) is 114 Å². The second-order valence-electron chi connectivity index (χ2n) is 14.6. The van der Waals surface area contributed by atoms with Crippen LogP contribution in [0.1, 0.15) is 77.0 Å². The predicted octanol–water partition coefficient (Wildman–Crippen LogP) is 1.71. The smallest absolute Gasteiger partial charge is 0.211 e. The summed E-state index contributed by atoms with van der Waals surface area (Å²) in [6.07, 6.45) is 15.4. The van der Waals surface area contributed by atoms with Crippen molar-refractivity contribution in [2.45, 2.75) is 131 Å². The van der Waals surface area contributed by atoms with Gasteiger partial charge in [-0.2, -0.15) is 0 Å². The molecule has 9 heteroatoms. The lowest BCUT2D eigenvalue weighted by Crippen LogP contribution is -2.69. The Bertz CT molecular complexity index is 978. The Kier molecular flexibility index (Phi) is 4.94. The van der Waals surface area contributed by atoms with Crippen LogP contribution in [-0.4, -0.2) is 107 Å². The SMILES string of the molecule is C1CNC2CC3C(CC2C1)N=C1N3C2=NC3CC4CCCNC4CC3N2C2=NC3CC4CCCNC4CC3N12. The first-order chi connectivity index (χ1) is 19.3. The fourth-order valence-electron chi connectivity index (χ4n) is 11.0. The van der Waals surface area contributed by atoms with E-state index in [0.717, 1.165) is 17.8 Å². The van der Waals surface area contributed by atoms with Crippen LogP contribution in [0.4, 0.5) is 0 Å². The Balaban J connectivity index is 1.06. The number of hydrogen-bond donors (Lipinski definition) is 3. The molecule has 3 aliphatic carbocycles. The van der Waals surface area contributed by atoms with Gasteiger partial charge < -0.3 is 16.0 Å². The minimum absolute atomic E-state index is 0.403. The number of aliphatic imine (C=N–C) groups is 3. The average Bonchev–Trinajstić information content (AvgIpc) is 3.63. The molecule has 0 radical (unpaired) electrons. The maximum atomic E-state index is 5.63. The molecular weight excluding hydrogens is 486 g/mol. The van der Waals surface area contributed by atoms with Gasteiger partial charge in [0.05, 0.1) is 36.3 Å². The van der Waals surface area contributed by atoms with Gasteiger partial charge in [-0.3, -0.25) is 14.7 Å². The van der Waals surface area contributed by atoms with Crippen LogP contribution in [-0.2, 0) is 0 Å². The second-order valence-corrected chi connectivity index (χ2v) is 14.6. The van der Waals surface area contributed by atoms with Crippen molar-refractivity contribution >= 4 is 17.9 Å². The molecule has 4 saturated heterocycles. The Labute approximate surface area is 232 Å². The van der Waals surface area contributed by atoms with Crippen molar-refractivity contribution in [3.63, 3.8) is 0 Å². The third-order valence-corrected chi connectivity index (χ3v) is 12.8. The summed E-state index contributed by atoms with van der Waals surface area (Å²) in [7, 11) is 0. The maximum Gasteiger partial charge on any atom is 0.211 e. The lowest BCUT2D eigenvalue weighted by atomic mass is 9.74. The molecular formula is C30H45N9. The van der Waals surface area contributed by atoms with Crippen molar-refractivity contribution < 1.29 is 0 Å². The molecule has 12 unspecified atom stereocenters. The Morgan fingerprint density at radius 3 is 1.13 bits per heavy atom. The van der Waals surface area contributed by atoms with Crippen molar-refractivity contribution in [3.8, 4) is 0 Å². The van der Waals surface area contributed by atoms with E-state index >= 15 is 0 Å². The van der Waals surface area contributed by atoms with Gasteiger partial charge >= 0.3 is 0 Å². The van der Waals surface area contributed by atoms with Crippen LogP contribution in [0.3, 0.4) is 0 Å². The number of rotatable bonds is 0. The Hall–Kier alpha value is -1.71. The number of nitrogens with one attached hydrogen (secondary N) is 3. The highest BCUT2D eigenvalue weighted by molar-refractivity contribution is 6.19. The number of piperidine rings is 3. The minimum atomic E-state index is 0.403. The molecule has 12 atom stereocenters. The zero-order chi connectivity index (χ0) is 25.2. The molecule has 10 aliphatic rings. The zero-order valence-electron chi connectivity index (χ0n) is 23.2. The van der Waals surface area contributed by atoms with Gasteiger partial charge in [0, 0.05) is 18.1 Å². The van der Waals surface area contributed by atoms with E-state index < -0.39 is 0 Å². The molecule has 3 saturated carbocycles. The maximum absolute atomic E-state index is 5.63. The van der Waals surface area contributed by atoms with Gasteiger partial charge in [-0.1, -0.05) is 0 Å². The monoisotopic (exact) mass is 531 g/mol. The number of nitrogens with zero attached hydrogens (tertiary/aromatic N) is 6. The van der Waals surface area contributed by atoms with Crippen LogP contribution < -0.4 is 16.0 Å². The highest BCUT2D eigenvalue weighted by Crippen LogP contribution is 2.48. The normalized spacial score (nSPS) is 51.1. The zero-order valence-corrected chi connectivity index (χ0v) is 23.2. The molecule has 210 valence electrons. The van der Waals surface area contributed by atoms with Gasteiger partial charge in [0.15, 0.2) is 0 Å². The van der Waals surface area contributed by atoms with Crippen LogP contribution in [0.25, 0.3) is 0 Å². The molecule has 7 heterocycles. The van der Waals surface area contributed by atoms with E-state index in [4.69, 9.17) is 15.0 Å². The summed E-state index contributed by atoms with van der Waals surface area (Å²) in [5.41, 5.74) is 0. The van der Waals surface area contributed by atoms with Crippen LogP contribution in [0, 0.1) is 17.8 Å². The number of fused-ring (bicyclic) bond motifs is 15. The topological polar surface area (TPSA) is 82.9 Å². The van der Waals surface area contributed by atoms with Crippen LogP contribution in [0.2, 0.25) is 0 Å². The van der Waals surface area contributed by atoms with Crippen molar-refractivity contribution in [3.05, 3.63) is 0 Å². The van der Waals surface area contributed by atoms with Crippen LogP contribution in [0.15, 0.2) is 15.0 Å². The molecule has 0 bridgehead atoms. The highest BCUT2D eigenvalue weighted by atomic mass is 15.7. The molecule has 7 fully saturated rings. The van der Waals surface area contributed by atoms with Gasteiger partial charge in [-0.25, -0.2) is 15.0 Å².